The molecule has 0 saturated carbocycles. The number of aryl methyl sites for hydroxylation is 1. The molecular formula is C9H10NO3-. The number of anilines is 1. The van der Waals surface area contributed by atoms with Crippen LogP contribution < -0.4 is 10.4 Å². The third kappa shape index (κ3) is 2.19. The fourth-order valence-corrected chi connectivity index (χ4v) is 1.14. The number of rotatable bonds is 2. The van der Waals surface area contributed by atoms with Gasteiger partial charge in [-0.05, 0) is 18.6 Å². The Labute approximate surface area is 75.8 Å². The number of carboxylic acid groups (broad SMARTS) is 1. The van der Waals surface area contributed by atoms with Crippen molar-refractivity contribution in [2.24, 2.45) is 0 Å². The van der Waals surface area contributed by atoms with Crippen molar-refractivity contribution in [3.05, 3.63) is 29.3 Å². The summed E-state index contributed by atoms with van der Waals surface area (Å²) in [6.45, 7) is 1.61. The molecule has 4 heteroatoms. The molecule has 0 spiro atoms. The van der Waals surface area contributed by atoms with Gasteiger partial charge in [0.25, 0.3) is 0 Å². The number of hydrogen-bond acceptors (Lipinski definition) is 3. The van der Waals surface area contributed by atoms with E-state index >= 15 is 0 Å². The molecule has 1 aromatic carbocycles. The summed E-state index contributed by atoms with van der Waals surface area (Å²) in [7, 11) is 0. The molecule has 1 amide bonds. The Bertz CT molecular complexity index is 323. The zero-order chi connectivity index (χ0) is 9.84. The Balaban J connectivity index is 3.05. The lowest BCUT2D eigenvalue weighted by Gasteiger charge is -2.12. The molecule has 4 nitrogen and oxygen atoms in total. The molecule has 0 aliphatic carbocycles. The van der Waals surface area contributed by atoms with Crippen LogP contribution in [0.4, 0.5) is 10.5 Å². The lowest BCUT2D eigenvalue weighted by atomic mass is 10.1. The quantitative estimate of drug-likeness (QED) is 0.684. The molecule has 1 aromatic rings. The first kappa shape index (κ1) is 9.54. The van der Waals surface area contributed by atoms with Gasteiger partial charge in [-0.1, -0.05) is 12.1 Å². The summed E-state index contributed by atoms with van der Waals surface area (Å²) in [5.41, 5.74) is 1.79. The number of nitrogens with one attached hydrogen (secondary N) is 1. The van der Waals surface area contributed by atoms with Crippen LogP contribution in [-0.4, -0.2) is 11.2 Å². The van der Waals surface area contributed by atoms with Crippen molar-refractivity contribution >= 4 is 11.8 Å². The highest BCUT2D eigenvalue weighted by Crippen LogP contribution is 2.18. The lowest BCUT2D eigenvalue weighted by molar-refractivity contribution is -0.242. The van der Waals surface area contributed by atoms with Gasteiger partial charge in [-0.2, -0.15) is 0 Å². The molecule has 0 unspecified atom stereocenters. The first-order chi connectivity index (χ1) is 6.15. The van der Waals surface area contributed by atoms with E-state index in [9.17, 15) is 9.90 Å². The first-order valence-corrected chi connectivity index (χ1v) is 3.82. The van der Waals surface area contributed by atoms with E-state index in [4.69, 9.17) is 5.11 Å². The van der Waals surface area contributed by atoms with Crippen molar-refractivity contribution in [3.63, 3.8) is 0 Å². The minimum atomic E-state index is -1.37. The van der Waals surface area contributed by atoms with Crippen LogP contribution in [0.15, 0.2) is 18.2 Å². The monoisotopic (exact) mass is 180 g/mol. The molecule has 0 bridgehead atoms. The Morgan fingerprint density at radius 2 is 2.31 bits per heavy atom. The highest BCUT2D eigenvalue weighted by Gasteiger charge is 2.03. The summed E-state index contributed by atoms with van der Waals surface area (Å²) in [5, 5.41) is 21.3. The second-order valence-electron chi connectivity index (χ2n) is 2.67. The molecular weight excluding hydrogens is 170 g/mol. The SMILES string of the molecule is Cc1cccc(NC(=O)[O-])c1CO. The van der Waals surface area contributed by atoms with Gasteiger partial charge >= 0.3 is 0 Å². The maximum atomic E-state index is 10.2. The number of carbonyl (C=O) groups excluding carboxylic acids is 1. The van der Waals surface area contributed by atoms with Crippen molar-refractivity contribution in [2.45, 2.75) is 13.5 Å². The Kier molecular flexibility index (Phi) is 2.87. The molecule has 0 aromatic heterocycles. The van der Waals surface area contributed by atoms with Crippen molar-refractivity contribution in [1.82, 2.24) is 0 Å². The largest absolute Gasteiger partial charge is 0.530 e. The molecule has 0 saturated heterocycles. The summed E-state index contributed by atoms with van der Waals surface area (Å²) in [6, 6.07) is 5.08. The summed E-state index contributed by atoms with van der Waals surface area (Å²) >= 11 is 0. The van der Waals surface area contributed by atoms with Crippen LogP contribution in [-0.2, 0) is 6.61 Å². The van der Waals surface area contributed by atoms with Crippen molar-refractivity contribution in [3.8, 4) is 0 Å². The van der Waals surface area contributed by atoms with Gasteiger partial charge in [-0.15, -0.1) is 0 Å². The minimum Gasteiger partial charge on any atom is -0.530 e. The summed E-state index contributed by atoms with van der Waals surface area (Å²) < 4.78 is 0. The van der Waals surface area contributed by atoms with E-state index in [-0.39, 0.29) is 6.61 Å². The predicted molar refractivity (Wildman–Crippen MR) is 46.1 cm³/mol. The van der Waals surface area contributed by atoms with Crippen LogP contribution in [0, 0.1) is 6.92 Å². The minimum absolute atomic E-state index is 0.192. The zero-order valence-electron chi connectivity index (χ0n) is 7.20. The average molecular weight is 180 g/mol. The van der Waals surface area contributed by atoms with Gasteiger partial charge < -0.3 is 20.3 Å². The second-order valence-corrected chi connectivity index (χ2v) is 2.67. The molecule has 0 atom stereocenters. The van der Waals surface area contributed by atoms with Crippen LogP contribution in [0.25, 0.3) is 0 Å². The molecule has 0 fully saturated rings. The van der Waals surface area contributed by atoms with E-state index in [1.165, 1.54) is 0 Å². The number of amides is 1. The Hall–Kier alpha value is -1.55. The molecule has 13 heavy (non-hydrogen) atoms. The Morgan fingerprint density at radius 3 is 2.85 bits per heavy atom. The number of benzene rings is 1. The third-order valence-electron chi connectivity index (χ3n) is 1.81. The standard InChI is InChI=1S/C9H11NO3/c1-6-3-2-4-8(7(6)5-11)10-9(12)13/h2-4,10-11H,5H2,1H3,(H,12,13)/p-1. The van der Waals surface area contributed by atoms with E-state index in [0.717, 1.165) is 5.56 Å². The van der Waals surface area contributed by atoms with Gasteiger partial charge in [0, 0.05) is 11.3 Å². The van der Waals surface area contributed by atoms with Crippen LogP contribution in [0.3, 0.4) is 0 Å². The number of carbonyl (C=O) groups is 1. The molecule has 0 radical (unpaired) electrons. The number of aliphatic hydroxyl groups excluding tert-OH is 1. The van der Waals surface area contributed by atoms with E-state index in [2.05, 4.69) is 5.32 Å². The summed E-state index contributed by atoms with van der Waals surface area (Å²) in [6.07, 6.45) is -1.37. The first-order valence-electron chi connectivity index (χ1n) is 3.82. The van der Waals surface area contributed by atoms with E-state index in [1.807, 2.05) is 0 Å². The normalized spacial score (nSPS) is 9.69. The van der Waals surface area contributed by atoms with Gasteiger partial charge in [0.2, 0.25) is 0 Å². The van der Waals surface area contributed by atoms with E-state index in [1.54, 1.807) is 25.1 Å². The molecule has 0 aliphatic heterocycles. The summed E-state index contributed by atoms with van der Waals surface area (Å²) in [4.78, 5) is 10.2. The molecule has 0 heterocycles. The van der Waals surface area contributed by atoms with Gasteiger partial charge in [-0.3, -0.25) is 0 Å². The average Bonchev–Trinajstić information content (AvgIpc) is 2.03. The smallest absolute Gasteiger partial charge is 0.138 e. The topological polar surface area (TPSA) is 72.4 Å². The van der Waals surface area contributed by atoms with Gasteiger partial charge in [0.05, 0.1) is 6.61 Å². The number of aliphatic hydroxyl groups is 1. The van der Waals surface area contributed by atoms with Gasteiger partial charge in [0.1, 0.15) is 6.09 Å². The fourth-order valence-electron chi connectivity index (χ4n) is 1.14. The van der Waals surface area contributed by atoms with Crippen molar-refractivity contribution in [1.29, 1.82) is 0 Å². The molecule has 1 rings (SSSR count). The third-order valence-corrected chi connectivity index (χ3v) is 1.81. The van der Waals surface area contributed by atoms with Crippen molar-refractivity contribution in [2.75, 3.05) is 5.32 Å². The van der Waals surface area contributed by atoms with Crippen molar-refractivity contribution < 1.29 is 15.0 Å². The highest BCUT2D eigenvalue weighted by atomic mass is 16.4. The summed E-state index contributed by atoms with van der Waals surface area (Å²) in [5.74, 6) is 0. The lowest BCUT2D eigenvalue weighted by Crippen LogP contribution is -2.29. The second kappa shape index (κ2) is 3.91. The van der Waals surface area contributed by atoms with Gasteiger partial charge in [0.15, 0.2) is 0 Å². The van der Waals surface area contributed by atoms with E-state index < -0.39 is 6.09 Å². The van der Waals surface area contributed by atoms with E-state index in [0.29, 0.717) is 11.3 Å². The highest BCUT2D eigenvalue weighted by molar-refractivity contribution is 5.82. The Morgan fingerprint density at radius 1 is 1.62 bits per heavy atom. The maximum absolute atomic E-state index is 10.2. The maximum Gasteiger partial charge on any atom is 0.138 e. The fraction of sp³-hybridized carbons (Fsp3) is 0.222. The van der Waals surface area contributed by atoms with Gasteiger partial charge in [-0.25, -0.2) is 0 Å². The zero-order valence-corrected chi connectivity index (χ0v) is 7.20. The molecule has 0 aliphatic rings. The molecule has 2 N–H and O–H groups in total. The number of hydrogen-bond donors (Lipinski definition) is 2. The van der Waals surface area contributed by atoms with Crippen LogP contribution >= 0.6 is 0 Å². The predicted octanol–water partition coefficient (Wildman–Crippen LogP) is 0.243. The van der Waals surface area contributed by atoms with Crippen LogP contribution in [0.1, 0.15) is 11.1 Å². The molecule has 70 valence electrons. The van der Waals surface area contributed by atoms with Crippen LogP contribution in [0.5, 0.6) is 0 Å². The van der Waals surface area contributed by atoms with Crippen LogP contribution in [0.2, 0.25) is 0 Å².